The Kier molecular flexibility index (Phi) is 6.94. The van der Waals surface area contributed by atoms with Gasteiger partial charge in [0.1, 0.15) is 0 Å². The van der Waals surface area contributed by atoms with E-state index in [1.54, 1.807) is 28.8 Å². The number of nitrogens with one attached hydrogen (secondary N) is 1. The van der Waals surface area contributed by atoms with Gasteiger partial charge in [-0.3, -0.25) is 9.69 Å². The molecule has 4 aromatic rings. The van der Waals surface area contributed by atoms with Gasteiger partial charge in [-0.2, -0.15) is 4.98 Å². The van der Waals surface area contributed by atoms with Crippen molar-refractivity contribution in [3.63, 3.8) is 0 Å². The lowest BCUT2D eigenvalue weighted by atomic mass is 9.92. The summed E-state index contributed by atoms with van der Waals surface area (Å²) in [6, 6.07) is 20.7. The first-order valence-electron chi connectivity index (χ1n) is 12.2. The number of hydrogen-bond donors (Lipinski definition) is 2. The first-order valence-corrected chi connectivity index (χ1v) is 14.1. The fraction of sp³-hybridized carbons (Fsp3) is 0.296. The van der Waals surface area contributed by atoms with Gasteiger partial charge in [0, 0.05) is 17.5 Å². The normalized spacial score (nSPS) is 16.9. The second kappa shape index (κ2) is 10.3. The molecule has 1 aliphatic rings. The number of hydrogen-bond acceptors (Lipinski definition) is 7. The summed E-state index contributed by atoms with van der Waals surface area (Å²) in [5.41, 5.74) is 4.45. The van der Waals surface area contributed by atoms with Gasteiger partial charge in [0.05, 0.1) is 17.1 Å². The Morgan fingerprint density at radius 3 is 2.49 bits per heavy atom. The Morgan fingerprint density at radius 2 is 1.78 bits per heavy atom. The van der Waals surface area contributed by atoms with Crippen molar-refractivity contribution in [1.82, 2.24) is 19.5 Å². The number of nitrogens with zero attached hydrogens (tertiary/aromatic N) is 4. The van der Waals surface area contributed by atoms with E-state index < -0.39 is 15.8 Å². The van der Waals surface area contributed by atoms with E-state index in [4.69, 9.17) is 5.11 Å². The maximum Gasteiger partial charge on any atom is 0.317 e. The molecule has 192 valence electrons. The third-order valence-electron chi connectivity index (χ3n) is 6.76. The van der Waals surface area contributed by atoms with E-state index in [1.165, 1.54) is 11.8 Å². The fourth-order valence-electron chi connectivity index (χ4n) is 4.86. The van der Waals surface area contributed by atoms with Crippen molar-refractivity contribution >= 4 is 33.1 Å². The molecular weight excluding hydrogens is 490 g/mol. The van der Waals surface area contributed by atoms with Crippen LogP contribution in [0.5, 0.6) is 0 Å². The summed E-state index contributed by atoms with van der Waals surface area (Å²) in [5.74, 6) is 0.107. The fourth-order valence-corrected chi connectivity index (χ4v) is 5.49. The van der Waals surface area contributed by atoms with Crippen LogP contribution in [0.2, 0.25) is 0 Å². The van der Waals surface area contributed by atoms with Crippen molar-refractivity contribution in [3.05, 3.63) is 72.3 Å². The standard InChI is InChI=1S/C27H29N5O4S/c1-37(35,36)23-13-9-21(10-14-23)24-5-2-6-25-29-27(30-32(24)25)28-22-11-7-20(8-12-22)19-4-3-16-31(17-15-19)18-26(33)34/h2,5-14,19H,3-4,15-18H2,1H3,(H,28,30)(H,33,34). The Bertz CT molecular complexity index is 1510. The molecular formula is C27H29N5O4S. The molecule has 9 nitrogen and oxygen atoms in total. The lowest BCUT2D eigenvalue weighted by molar-refractivity contribution is -0.138. The maximum atomic E-state index is 11.8. The molecule has 1 atom stereocenters. The van der Waals surface area contributed by atoms with Gasteiger partial charge in [-0.1, -0.05) is 30.3 Å². The van der Waals surface area contributed by atoms with Gasteiger partial charge in [0.15, 0.2) is 15.5 Å². The number of rotatable bonds is 7. The first-order chi connectivity index (χ1) is 17.8. The molecule has 2 aromatic heterocycles. The number of fused-ring (bicyclic) bond motifs is 1. The highest BCUT2D eigenvalue weighted by molar-refractivity contribution is 7.90. The number of likely N-dealkylation sites (tertiary alicyclic amines) is 1. The molecule has 0 aliphatic carbocycles. The average Bonchev–Trinajstić information content (AvgIpc) is 3.14. The number of aliphatic carboxylic acids is 1. The van der Waals surface area contributed by atoms with Gasteiger partial charge >= 0.3 is 5.97 Å². The highest BCUT2D eigenvalue weighted by Crippen LogP contribution is 2.29. The van der Waals surface area contributed by atoms with Crippen molar-refractivity contribution in [2.45, 2.75) is 30.1 Å². The summed E-state index contributed by atoms with van der Waals surface area (Å²) >= 11 is 0. The topological polar surface area (TPSA) is 117 Å². The Hall–Kier alpha value is -3.76. The second-order valence-electron chi connectivity index (χ2n) is 9.46. The number of sulfone groups is 1. The summed E-state index contributed by atoms with van der Waals surface area (Å²) < 4.78 is 25.3. The Balaban J connectivity index is 1.30. The number of carboxylic acid groups (broad SMARTS) is 1. The van der Waals surface area contributed by atoms with Crippen LogP contribution in [0.15, 0.2) is 71.6 Å². The summed E-state index contributed by atoms with van der Waals surface area (Å²) in [5, 5.41) is 17.0. The SMILES string of the molecule is CS(=O)(=O)c1ccc(-c2cccc3nc(Nc4ccc(C5CCCN(CC(=O)O)CC5)cc4)nn23)cc1. The van der Waals surface area contributed by atoms with Crippen molar-refractivity contribution in [1.29, 1.82) is 0 Å². The molecule has 0 radical (unpaired) electrons. The van der Waals surface area contributed by atoms with Crippen molar-refractivity contribution in [2.24, 2.45) is 0 Å². The van der Waals surface area contributed by atoms with Crippen LogP contribution in [-0.4, -0.2) is 64.9 Å². The summed E-state index contributed by atoms with van der Waals surface area (Å²) in [6.07, 6.45) is 4.17. The number of carboxylic acids is 1. The quantitative estimate of drug-likeness (QED) is 0.373. The number of anilines is 2. The van der Waals surface area contributed by atoms with Crippen LogP contribution in [0.3, 0.4) is 0 Å². The Labute approximate surface area is 215 Å². The second-order valence-corrected chi connectivity index (χ2v) is 11.5. The molecule has 2 N–H and O–H groups in total. The zero-order valence-electron chi connectivity index (χ0n) is 20.5. The zero-order valence-corrected chi connectivity index (χ0v) is 21.4. The smallest absolute Gasteiger partial charge is 0.317 e. The highest BCUT2D eigenvalue weighted by Gasteiger charge is 2.20. The van der Waals surface area contributed by atoms with Gasteiger partial charge < -0.3 is 10.4 Å². The molecule has 1 saturated heterocycles. The summed E-state index contributed by atoms with van der Waals surface area (Å²) in [7, 11) is -3.26. The summed E-state index contributed by atoms with van der Waals surface area (Å²) in [4.78, 5) is 17.9. The maximum absolute atomic E-state index is 11.8. The van der Waals surface area contributed by atoms with Gasteiger partial charge in [-0.15, -0.1) is 5.10 Å². The van der Waals surface area contributed by atoms with E-state index in [1.807, 2.05) is 35.2 Å². The van der Waals surface area contributed by atoms with Crippen LogP contribution >= 0.6 is 0 Å². The van der Waals surface area contributed by atoms with Gasteiger partial charge in [-0.25, -0.2) is 12.9 Å². The van der Waals surface area contributed by atoms with E-state index >= 15 is 0 Å². The molecule has 5 rings (SSSR count). The molecule has 0 bridgehead atoms. The number of carbonyl (C=O) groups is 1. The molecule has 2 aromatic carbocycles. The third-order valence-corrected chi connectivity index (χ3v) is 7.88. The minimum atomic E-state index is -3.26. The molecule has 1 fully saturated rings. The van der Waals surface area contributed by atoms with Crippen molar-refractivity contribution in [3.8, 4) is 11.3 Å². The average molecular weight is 520 g/mol. The van der Waals surface area contributed by atoms with Crippen LogP contribution in [0.1, 0.15) is 30.7 Å². The van der Waals surface area contributed by atoms with Gasteiger partial charge in [-0.05, 0) is 80.2 Å². The predicted octanol–water partition coefficient (Wildman–Crippen LogP) is 4.20. The van der Waals surface area contributed by atoms with Crippen LogP contribution in [-0.2, 0) is 14.6 Å². The molecule has 1 unspecified atom stereocenters. The van der Waals surface area contributed by atoms with Crippen LogP contribution in [0.25, 0.3) is 16.9 Å². The van der Waals surface area contributed by atoms with E-state index in [9.17, 15) is 13.2 Å². The van der Waals surface area contributed by atoms with E-state index in [-0.39, 0.29) is 11.4 Å². The first kappa shape index (κ1) is 24.9. The Morgan fingerprint density at radius 1 is 1.03 bits per heavy atom. The largest absolute Gasteiger partial charge is 0.480 e. The van der Waals surface area contributed by atoms with Gasteiger partial charge in [0.2, 0.25) is 5.95 Å². The summed E-state index contributed by atoms with van der Waals surface area (Å²) in [6.45, 7) is 1.72. The predicted molar refractivity (Wildman–Crippen MR) is 142 cm³/mol. The van der Waals surface area contributed by atoms with Crippen LogP contribution < -0.4 is 5.32 Å². The van der Waals surface area contributed by atoms with E-state index in [2.05, 4.69) is 27.5 Å². The van der Waals surface area contributed by atoms with Gasteiger partial charge in [0.25, 0.3) is 0 Å². The third kappa shape index (κ3) is 5.81. The molecule has 10 heteroatoms. The molecule has 37 heavy (non-hydrogen) atoms. The highest BCUT2D eigenvalue weighted by atomic mass is 32.2. The lowest BCUT2D eigenvalue weighted by Gasteiger charge is -2.18. The van der Waals surface area contributed by atoms with Crippen molar-refractivity contribution < 1.29 is 18.3 Å². The van der Waals surface area contributed by atoms with E-state index in [0.717, 1.165) is 49.3 Å². The molecule has 3 heterocycles. The molecule has 1 aliphatic heterocycles. The number of pyridine rings is 1. The molecule has 0 saturated carbocycles. The zero-order chi connectivity index (χ0) is 26.0. The van der Waals surface area contributed by atoms with Crippen LogP contribution in [0.4, 0.5) is 11.6 Å². The minimum Gasteiger partial charge on any atom is -0.480 e. The number of benzene rings is 2. The number of aromatic nitrogens is 3. The van der Waals surface area contributed by atoms with E-state index in [0.29, 0.717) is 17.5 Å². The monoisotopic (exact) mass is 519 g/mol. The molecule has 0 spiro atoms. The van der Waals surface area contributed by atoms with Crippen molar-refractivity contribution in [2.75, 3.05) is 31.2 Å². The minimum absolute atomic E-state index is 0.106. The molecule has 0 amide bonds. The lowest BCUT2D eigenvalue weighted by Crippen LogP contribution is -2.30. The van der Waals surface area contributed by atoms with Crippen LogP contribution in [0, 0.1) is 0 Å².